The smallest absolute Gasteiger partial charge is 0.164 e. The summed E-state index contributed by atoms with van der Waals surface area (Å²) in [6.45, 7) is 4.69. The van der Waals surface area contributed by atoms with E-state index in [2.05, 4.69) is 202 Å². The molecule has 0 saturated heterocycles. The van der Waals surface area contributed by atoms with Gasteiger partial charge in [0, 0.05) is 22.1 Å². The summed E-state index contributed by atoms with van der Waals surface area (Å²) in [5.41, 5.74) is 10.6. The highest BCUT2D eigenvalue weighted by Gasteiger charge is 2.35. The molecule has 0 unspecified atom stereocenters. The first-order chi connectivity index (χ1) is 29.0. The van der Waals surface area contributed by atoms with Gasteiger partial charge in [0.15, 0.2) is 17.5 Å². The molecule has 0 bridgehead atoms. The molecule has 1 aliphatic carbocycles. The molecule has 3 nitrogen and oxygen atoms in total. The SMILES string of the molecule is CC1(C)c2ccccc2-c2ccc(-c3ccc(-c4nc(-c5cc6ccccc6c6ccccc56)nc(-c5cc6ccccc6c6ccccc56)n4)c4ccccc34)cc21. The van der Waals surface area contributed by atoms with Crippen LogP contribution in [0.3, 0.4) is 0 Å². The summed E-state index contributed by atoms with van der Waals surface area (Å²) in [6.07, 6.45) is 0. The predicted molar refractivity (Wildman–Crippen MR) is 247 cm³/mol. The first kappa shape index (κ1) is 33.6. The molecule has 0 spiro atoms. The number of fused-ring (bicyclic) bond motifs is 10. The molecule has 3 heteroatoms. The lowest BCUT2D eigenvalue weighted by molar-refractivity contribution is 0.660. The average Bonchev–Trinajstić information content (AvgIpc) is 3.53. The largest absolute Gasteiger partial charge is 0.208 e. The molecule has 12 rings (SSSR count). The van der Waals surface area contributed by atoms with Crippen molar-refractivity contribution in [3.05, 3.63) is 199 Å². The van der Waals surface area contributed by atoms with Crippen LogP contribution in [0.5, 0.6) is 0 Å². The molecule has 0 aliphatic heterocycles. The summed E-state index contributed by atoms with van der Waals surface area (Å²) in [7, 11) is 0. The molecular weight excluding hydrogens is 715 g/mol. The molecule has 1 aromatic heterocycles. The zero-order valence-electron chi connectivity index (χ0n) is 32.7. The van der Waals surface area contributed by atoms with Gasteiger partial charge in [0.05, 0.1) is 0 Å². The molecule has 10 aromatic carbocycles. The molecule has 0 saturated carbocycles. The van der Waals surface area contributed by atoms with Gasteiger partial charge in [0.2, 0.25) is 0 Å². The Labute approximate surface area is 342 Å². The van der Waals surface area contributed by atoms with Crippen LogP contribution in [-0.2, 0) is 5.41 Å². The first-order valence-electron chi connectivity index (χ1n) is 20.4. The van der Waals surface area contributed by atoms with Gasteiger partial charge in [-0.05, 0) is 112 Å². The van der Waals surface area contributed by atoms with Crippen molar-refractivity contribution in [1.82, 2.24) is 15.0 Å². The first-order valence-corrected chi connectivity index (χ1v) is 20.4. The lowest BCUT2D eigenvalue weighted by atomic mass is 9.81. The van der Waals surface area contributed by atoms with Gasteiger partial charge in [-0.3, -0.25) is 0 Å². The van der Waals surface area contributed by atoms with E-state index in [-0.39, 0.29) is 5.41 Å². The van der Waals surface area contributed by atoms with Gasteiger partial charge in [-0.2, -0.15) is 0 Å². The normalized spacial score (nSPS) is 13.1. The van der Waals surface area contributed by atoms with E-state index >= 15 is 0 Å². The predicted octanol–water partition coefficient (Wildman–Crippen LogP) is 14.6. The van der Waals surface area contributed by atoms with Crippen LogP contribution in [0, 0.1) is 0 Å². The summed E-state index contributed by atoms with van der Waals surface area (Å²) < 4.78 is 0. The van der Waals surface area contributed by atoms with Crippen molar-refractivity contribution in [3.8, 4) is 56.4 Å². The van der Waals surface area contributed by atoms with E-state index in [1.54, 1.807) is 0 Å². The molecule has 11 aromatic rings. The highest BCUT2D eigenvalue weighted by Crippen LogP contribution is 2.50. The molecule has 1 heterocycles. The van der Waals surface area contributed by atoms with E-state index in [0.29, 0.717) is 17.5 Å². The molecular formula is C56H37N3. The van der Waals surface area contributed by atoms with E-state index in [1.165, 1.54) is 54.9 Å². The van der Waals surface area contributed by atoms with E-state index in [0.717, 1.165) is 49.0 Å². The van der Waals surface area contributed by atoms with Crippen LogP contribution >= 0.6 is 0 Å². The maximum absolute atomic E-state index is 5.42. The Hall–Kier alpha value is -7.49. The fraction of sp³-hybridized carbons (Fsp3) is 0.0536. The highest BCUT2D eigenvalue weighted by atomic mass is 15.0. The van der Waals surface area contributed by atoms with Gasteiger partial charge in [-0.1, -0.05) is 178 Å². The number of hydrogen-bond acceptors (Lipinski definition) is 3. The Kier molecular flexibility index (Phi) is 7.27. The number of rotatable bonds is 4. The Bertz CT molecular complexity index is 3410. The van der Waals surface area contributed by atoms with Crippen LogP contribution in [0.4, 0.5) is 0 Å². The minimum absolute atomic E-state index is 0.0881. The third-order valence-corrected chi connectivity index (χ3v) is 12.7. The summed E-state index contributed by atoms with van der Waals surface area (Å²) in [5, 5.41) is 11.6. The van der Waals surface area contributed by atoms with E-state index in [9.17, 15) is 0 Å². The van der Waals surface area contributed by atoms with Crippen molar-refractivity contribution in [3.63, 3.8) is 0 Å². The second kappa shape index (κ2) is 12.8. The minimum atomic E-state index is -0.0881. The van der Waals surface area contributed by atoms with Gasteiger partial charge in [-0.15, -0.1) is 0 Å². The van der Waals surface area contributed by atoms with Crippen molar-refractivity contribution >= 4 is 53.9 Å². The topological polar surface area (TPSA) is 38.7 Å². The van der Waals surface area contributed by atoms with Gasteiger partial charge in [0.1, 0.15) is 0 Å². The van der Waals surface area contributed by atoms with Crippen molar-refractivity contribution in [1.29, 1.82) is 0 Å². The number of benzene rings is 10. The van der Waals surface area contributed by atoms with Gasteiger partial charge >= 0.3 is 0 Å². The van der Waals surface area contributed by atoms with E-state index in [1.807, 2.05) is 0 Å². The molecule has 276 valence electrons. The molecule has 0 fully saturated rings. The highest BCUT2D eigenvalue weighted by molar-refractivity contribution is 6.15. The third-order valence-electron chi connectivity index (χ3n) is 12.7. The van der Waals surface area contributed by atoms with Gasteiger partial charge in [-0.25, -0.2) is 15.0 Å². The van der Waals surface area contributed by atoms with Crippen LogP contribution in [0.1, 0.15) is 25.0 Å². The number of nitrogens with zero attached hydrogens (tertiary/aromatic N) is 3. The fourth-order valence-corrected chi connectivity index (χ4v) is 9.83. The average molecular weight is 752 g/mol. The van der Waals surface area contributed by atoms with Crippen molar-refractivity contribution in [2.75, 3.05) is 0 Å². The summed E-state index contributed by atoms with van der Waals surface area (Å²) in [4.78, 5) is 16.2. The lowest BCUT2D eigenvalue weighted by Gasteiger charge is -2.22. The maximum Gasteiger partial charge on any atom is 0.164 e. The van der Waals surface area contributed by atoms with Gasteiger partial charge in [0.25, 0.3) is 0 Å². The number of aromatic nitrogens is 3. The zero-order chi connectivity index (χ0) is 39.2. The van der Waals surface area contributed by atoms with Crippen LogP contribution in [0.15, 0.2) is 188 Å². The Morgan fingerprint density at radius 3 is 1.25 bits per heavy atom. The molecule has 0 amide bonds. The third kappa shape index (κ3) is 5.11. The summed E-state index contributed by atoms with van der Waals surface area (Å²) in [6, 6.07) is 67.8. The Morgan fingerprint density at radius 1 is 0.288 bits per heavy atom. The Morgan fingerprint density at radius 2 is 0.678 bits per heavy atom. The standard InChI is InChI=1S/C56H37N3/c1-56(2)51-26-14-13-25-46(51)47-28-27-36(33-52(47)56)39-29-30-48(43-22-10-7-21-42(39)43)53-57-54(49-31-34-15-3-5-17-37(34)40-19-8-11-23-44(40)49)59-55(58-53)50-32-35-16-4-6-18-38(35)41-20-9-12-24-45(41)50/h3-33H,1-2H3. The van der Waals surface area contributed by atoms with E-state index < -0.39 is 0 Å². The molecule has 0 N–H and O–H groups in total. The zero-order valence-corrected chi connectivity index (χ0v) is 32.7. The molecule has 0 atom stereocenters. The number of hydrogen-bond donors (Lipinski definition) is 0. The fourth-order valence-electron chi connectivity index (χ4n) is 9.83. The quantitative estimate of drug-likeness (QED) is 0.168. The lowest BCUT2D eigenvalue weighted by Crippen LogP contribution is -2.14. The van der Waals surface area contributed by atoms with Crippen LogP contribution in [0.2, 0.25) is 0 Å². The van der Waals surface area contributed by atoms with Crippen LogP contribution in [0.25, 0.3) is 110 Å². The van der Waals surface area contributed by atoms with Crippen molar-refractivity contribution in [2.24, 2.45) is 0 Å². The summed E-state index contributed by atoms with van der Waals surface area (Å²) >= 11 is 0. The molecule has 0 radical (unpaired) electrons. The maximum atomic E-state index is 5.42. The second-order valence-corrected chi connectivity index (χ2v) is 16.3. The molecule has 59 heavy (non-hydrogen) atoms. The monoisotopic (exact) mass is 751 g/mol. The van der Waals surface area contributed by atoms with Crippen LogP contribution in [-0.4, -0.2) is 15.0 Å². The summed E-state index contributed by atoms with van der Waals surface area (Å²) in [5.74, 6) is 1.95. The Balaban J connectivity index is 1.11. The van der Waals surface area contributed by atoms with E-state index in [4.69, 9.17) is 15.0 Å². The van der Waals surface area contributed by atoms with Crippen LogP contribution < -0.4 is 0 Å². The molecule has 1 aliphatic rings. The van der Waals surface area contributed by atoms with Crippen molar-refractivity contribution < 1.29 is 0 Å². The van der Waals surface area contributed by atoms with Crippen molar-refractivity contribution in [2.45, 2.75) is 19.3 Å². The van der Waals surface area contributed by atoms with Gasteiger partial charge < -0.3 is 0 Å². The second-order valence-electron chi connectivity index (χ2n) is 16.3. The minimum Gasteiger partial charge on any atom is -0.208 e.